The van der Waals surface area contributed by atoms with Crippen LogP contribution in [-0.4, -0.2) is 8.76 Å². The van der Waals surface area contributed by atoms with E-state index in [1.54, 1.807) is 18.2 Å². The van der Waals surface area contributed by atoms with E-state index in [2.05, 4.69) is 11.2 Å². The molecule has 0 aliphatic heterocycles. The second-order valence-electron chi connectivity index (χ2n) is 2.29. The maximum absolute atomic E-state index is 10.9. The van der Waals surface area contributed by atoms with Crippen LogP contribution in [0.4, 0.5) is 0 Å². The molecule has 0 aromatic heterocycles. The molecular weight excluding hydrogens is 194 g/mol. The molecular formula is C7H11NO2S2. The molecule has 68 valence electrons. The Labute approximate surface area is 76.9 Å². The maximum atomic E-state index is 10.9. The lowest BCUT2D eigenvalue weighted by molar-refractivity contribution is 0.561. The molecule has 0 saturated carbocycles. The molecule has 0 spiro atoms. The lowest BCUT2D eigenvalue weighted by Crippen LogP contribution is -1.95. The summed E-state index contributed by atoms with van der Waals surface area (Å²) < 4.78 is 19.9. The van der Waals surface area contributed by atoms with Crippen LogP contribution in [0.15, 0.2) is 29.2 Å². The Kier molecular flexibility index (Phi) is 3.79. The summed E-state index contributed by atoms with van der Waals surface area (Å²) in [5, 5.41) is 0. The third-order valence-electron chi connectivity index (χ3n) is 1.29. The molecule has 0 heterocycles. The van der Waals surface area contributed by atoms with Gasteiger partial charge in [0.2, 0.25) is 0 Å². The van der Waals surface area contributed by atoms with Gasteiger partial charge < -0.3 is 10.7 Å². The third kappa shape index (κ3) is 2.86. The van der Waals surface area contributed by atoms with Crippen LogP contribution in [0.5, 0.6) is 0 Å². The molecule has 12 heavy (non-hydrogen) atoms. The van der Waals surface area contributed by atoms with E-state index in [1.807, 2.05) is 13.0 Å². The molecule has 0 aliphatic rings. The molecule has 5 heteroatoms. The first-order valence-corrected chi connectivity index (χ1v) is 5.48. The van der Waals surface area contributed by atoms with Gasteiger partial charge in [0.1, 0.15) is 0 Å². The van der Waals surface area contributed by atoms with Gasteiger partial charge in [-0.3, -0.25) is 0 Å². The van der Waals surface area contributed by atoms with Gasteiger partial charge in [0, 0.05) is 11.2 Å². The smallest absolute Gasteiger partial charge is 0.171 e. The number of rotatable bonds is 1. The van der Waals surface area contributed by atoms with E-state index in [9.17, 15) is 4.21 Å². The van der Waals surface area contributed by atoms with Gasteiger partial charge in [-0.15, -0.1) is 0 Å². The van der Waals surface area contributed by atoms with E-state index in [0.717, 1.165) is 5.56 Å². The van der Waals surface area contributed by atoms with Crippen molar-refractivity contribution in [3.8, 4) is 0 Å². The third-order valence-corrected chi connectivity index (χ3v) is 2.71. The van der Waals surface area contributed by atoms with E-state index < -0.39 is 8.77 Å². The van der Waals surface area contributed by atoms with Crippen molar-refractivity contribution in [2.45, 2.75) is 11.8 Å². The molecule has 0 saturated heterocycles. The van der Waals surface area contributed by atoms with Crippen LogP contribution in [0.25, 0.3) is 0 Å². The Morgan fingerprint density at radius 2 is 2.08 bits per heavy atom. The highest BCUT2D eigenvalue weighted by molar-refractivity contribution is 8.29. The molecule has 1 atom stereocenters. The van der Waals surface area contributed by atoms with Crippen molar-refractivity contribution in [3.05, 3.63) is 29.8 Å². The Bertz CT molecular complexity index is 359. The molecule has 0 amide bonds. The van der Waals surface area contributed by atoms with Gasteiger partial charge in [-0.1, -0.05) is 12.1 Å². The van der Waals surface area contributed by atoms with Crippen molar-refractivity contribution in [2.24, 2.45) is 0 Å². The van der Waals surface area contributed by atoms with Crippen LogP contribution in [0.3, 0.4) is 0 Å². The summed E-state index contributed by atoms with van der Waals surface area (Å²) in [5.41, 5.74) is 0.939. The Morgan fingerprint density at radius 1 is 1.50 bits per heavy atom. The summed E-state index contributed by atoms with van der Waals surface area (Å²) in [6.45, 7) is 1.85. The van der Waals surface area contributed by atoms with Crippen LogP contribution >= 0.6 is 0 Å². The van der Waals surface area contributed by atoms with Crippen molar-refractivity contribution in [1.29, 1.82) is 0 Å². The molecule has 0 bridgehead atoms. The second-order valence-corrected chi connectivity index (χ2v) is 5.07. The molecule has 1 unspecified atom stereocenters. The van der Waals surface area contributed by atoms with E-state index in [4.69, 9.17) is 4.55 Å². The van der Waals surface area contributed by atoms with Gasteiger partial charge in [0.25, 0.3) is 0 Å². The van der Waals surface area contributed by atoms with Crippen LogP contribution in [-0.2, 0) is 20.0 Å². The van der Waals surface area contributed by atoms with Crippen LogP contribution in [0.2, 0.25) is 0 Å². The number of benzene rings is 1. The van der Waals surface area contributed by atoms with Gasteiger partial charge in [-0.25, -0.2) is 4.21 Å². The summed E-state index contributed by atoms with van der Waals surface area (Å²) in [6.07, 6.45) is 0. The van der Waals surface area contributed by atoms with Gasteiger partial charge in [-0.05, 0) is 24.6 Å². The second kappa shape index (κ2) is 3.95. The number of aryl methyl sites for hydroxylation is 1. The normalized spacial score (nSPS) is 14.5. The lowest BCUT2D eigenvalue weighted by atomic mass is 10.2. The van der Waals surface area contributed by atoms with E-state index in [1.165, 1.54) is 0 Å². The fourth-order valence-corrected chi connectivity index (χ4v) is 1.67. The fourth-order valence-electron chi connectivity index (χ4n) is 0.776. The first kappa shape index (κ1) is 11.5. The van der Waals surface area contributed by atoms with Crippen molar-refractivity contribution in [3.63, 3.8) is 0 Å². The van der Waals surface area contributed by atoms with Crippen LogP contribution in [0.1, 0.15) is 5.56 Å². The fraction of sp³-hybridized carbons (Fsp3) is 0.143. The Balaban J connectivity index is 0.00000121. The van der Waals surface area contributed by atoms with Crippen LogP contribution in [0, 0.1) is 6.92 Å². The predicted octanol–water partition coefficient (Wildman–Crippen LogP) is 1.74. The zero-order valence-electron chi connectivity index (χ0n) is 6.69. The van der Waals surface area contributed by atoms with E-state index in [-0.39, 0.29) is 6.15 Å². The summed E-state index contributed by atoms with van der Waals surface area (Å²) in [4.78, 5) is 0.313. The topological polar surface area (TPSA) is 72.3 Å². The highest BCUT2D eigenvalue weighted by Gasteiger charge is 2.03. The predicted molar refractivity (Wildman–Crippen MR) is 52.6 cm³/mol. The molecule has 3 nitrogen and oxygen atoms in total. The summed E-state index contributed by atoms with van der Waals surface area (Å²) in [6, 6.07) is 6.74. The highest BCUT2D eigenvalue weighted by Crippen LogP contribution is 2.09. The minimum atomic E-state index is -3.19. The zero-order valence-corrected chi connectivity index (χ0v) is 8.32. The first-order valence-electron chi connectivity index (χ1n) is 3.04. The highest BCUT2D eigenvalue weighted by atomic mass is 32.8. The average molecular weight is 205 g/mol. The Hall–Kier alpha value is -0.490. The average Bonchev–Trinajstić information content (AvgIpc) is 1.86. The molecule has 0 aliphatic carbocycles. The van der Waals surface area contributed by atoms with Gasteiger partial charge in [0.05, 0.1) is 4.90 Å². The quantitative estimate of drug-likeness (QED) is 0.732. The summed E-state index contributed by atoms with van der Waals surface area (Å²) >= 11 is 4.39. The van der Waals surface area contributed by atoms with Crippen molar-refractivity contribution < 1.29 is 8.76 Å². The van der Waals surface area contributed by atoms with Crippen molar-refractivity contribution in [2.75, 3.05) is 0 Å². The molecule has 0 radical (unpaired) electrons. The monoisotopic (exact) mass is 205 g/mol. The van der Waals surface area contributed by atoms with Gasteiger partial charge in [-0.2, -0.15) is 0 Å². The van der Waals surface area contributed by atoms with Crippen molar-refractivity contribution >= 4 is 20.0 Å². The van der Waals surface area contributed by atoms with Crippen LogP contribution < -0.4 is 6.15 Å². The Morgan fingerprint density at radius 3 is 2.42 bits per heavy atom. The minimum absolute atomic E-state index is 0. The number of hydrogen-bond acceptors (Lipinski definition) is 3. The largest absolute Gasteiger partial charge is 0.344 e. The molecule has 1 rings (SSSR count). The van der Waals surface area contributed by atoms with E-state index >= 15 is 0 Å². The standard InChI is InChI=1S/C7H8O2S2.H3N/c1-6-3-2-4-7(5-6)11(8,9)10;/h2-5H,1H3,(H,8,9,10);1H3. The molecule has 0 fully saturated rings. The lowest BCUT2D eigenvalue weighted by Gasteiger charge is -1.99. The molecule has 1 aromatic rings. The molecule has 4 N–H and O–H groups in total. The summed E-state index contributed by atoms with van der Waals surface area (Å²) in [5.74, 6) is 0. The van der Waals surface area contributed by atoms with Gasteiger partial charge in [0.15, 0.2) is 8.77 Å². The van der Waals surface area contributed by atoms with Gasteiger partial charge >= 0.3 is 0 Å². The first-order chi connectivity index (χ1) is 5.00. The zero-order chi connectivity index (χ0) is 8.48. The SMILES string of the molecule is Cc1cccc(S(=O)(O)=S)c1.N. The number of hydrogen-bond donors (Lipinski definition) is 2. The molecule has 1 aromatic carbocycles. The minimum Gasteiger partial charge on any atom is -0.344 e. The van der Waals surface area contributed by atoms with E-state index in [0.29, 0.717) is 4.90 Å². The maximum Gasteiger partial charge on any atom is 0.171 e. The van der Waals surface area contributed by atoms with Crippen molar-refractivity contribution in [1.82, 2.24) is 6.15 Å². The summed E-state index contributed by atoms with van der Waals surface area (Å²) in [7, 11) is -3.19.